The summed E-state index contributed by atoms with van der Waals surface area (Å²) in [4.78, 5) is 0. The normalized spacial score (nSPS) is 10.2. The van der Waals surface area contributed by atoms with Gasteiger partial charge in [-0.05, 0) is 30.7 Å². The Hall–Kier alpha value is -0.440. The van der Waals surface area contributed by atoms with Crippen LogP contribution in [-0.2, 0) is 6.42 Å². The molecular formula is C8H10Cl2N2. The first-order chi connectivity index (χ1) is 5.65. The number of hydrogen-bond acceptors (Lipinski definition) is 2. The molecule has 4 heteroatoms. The lowest BCUT2D eigenvalue weighted by Crippen LogP contribution is -2.03. The molecule has 2 nitrogen and oxygen atoms in total. The van der Waals surface area contributed by atoms with Gasteiger partial charge in [-0.25, -0.2) is 0 Å². The van der Waals surface area contributed by atoms with Gasteiger partial charge < -0.3 is 11.5 Å². The van der Waals surface area contributed by atoms with E-state index in [1.54, 1.807) is 12.1 Å². The Morgan fingerprint density at radius 2 is 1.67 bits per heavy atom. The molecule has 1 aromatic rings. The van der Waals surface area contributed by atoms with Gasteiger partial charge in [0.05, 0.1) is 15.7 Å². The largest absolute Gasteiger partial charge is 0.396 e. The van der Waals surface area contributed by atoms with Crippen molar-refractivity contribution in [2.75, 3.05) is 12.3 Å². The van der Waals surface area contributed by atoms with Crippen LogP contribution in [0.25, 0.3) is 0 Å². The van der Waals surface area contributed by atoms with E-state index in [1.165, 1.54) is 0 Å². The second kappa shape index (κ2) is 3.99. The van der Waals surface area contributed by atoms with Crippen LogP contribution in [0.3, 0.4) is 0 Å². The van der Waals surface area contributed by atoms with E-state index in [-0.39, 0.29) is 0 Å². The molecule has 0 saturated heterocycles. The van der Waals surface area contributed by atoms with Crippen molar-refractivity contribution in [3.8, 4) is 0 Å². The maximum atomic E-state index is 5.80. The summed E-state index contributed by atoms with van der Waals surface area (Å²) >= 11 is 11.6. The van der Waals surface area contributed by atoms with Crippen molar-refractivity contribution in [2.24, 2.45) is 5.73 Å². The standard InChI is InChI=1S/C8H10Cl2N2/c9-6-3-5(1-2-11)4-7(10)8(6)12/h3-4H,1-2,11-12H2. The zero-order valence-corrected chi connectivity index (χ0v) is 7.99. The molecule has 0 heterocycles. The van der Waals surface area contributed by atoms with Gasteiger partial charge in [0.15, 0.2) is 0 Å². The number of nitrogens with two attached hydrogens (primary N) is 2. The van der Waals surface area contributed by atoms with Gasteiger partial charge in [-0.1, -0.05) is 23.2 Å². The van der Waals surface area contributed by atoms with Crippen LogP contribution in [0.2, 0.25) is 10.0 Å². The highest BCUT2D eigenvalue weighted by atomic mass is 35.5. The molecule has 0 amide bonds. The van der Waals surface area contributed by atoms with Gasteiger partial charge in [-0.15, -0.1) is 0 Å². The third-order valence-corrected chi connectivity index (χ3v) is 2.20. The zero-order chi connectivity index (χ0) is 9.14. The Morgan fingerprint density at radius 3 is 2.08 bits per heavy atom. The summed E-state index contributed by atoms with van der Waals surface area (Å²) < 4.78 is 0. The molecule has 0 saturated carbocycles. The highest BCUT2D eigenvalue weighted by Gasteiger charge is 2.03. The lowest BCUT2D eigenvalue weighted by molar-refractivity contribution is 0.969. The molecule has 0 aliphatic carbocycles. The Labute approximate surface area is 81.4 Å². The Kier molecular flexibility index (Phi) is 3.20. The first kappa shape index (κ1) is 9.65. The summed E-state index contributed by atoms with van der Waals surface area (Å²) in [6.45, 7) is 0.580. The number of hydrogen-bond donors (Lipinski definition) is 2. The molecule has 0 aliphatic heterocycles. The summed E-state index contributed by atoms with van der Waals surface area (Å²) in [6.07, 6.45) is 0.764. The molecule has 0 aliphatic rings. The summed E-state index contributed by atoms with van der Waals surface area (Å²) in [5.41, 5.74) is 12.4. The average Bonchev–Trinajstić information content (AvgIpc) is 2.01. The van der Waals surface area contributed by atoms with Gasteiger partial charge >= 0.3 is 0 Å². The molecule has 0 bridgehead atoms. The summed E-state index contributed by atoms with van der Waals surface area (Å²) in [5.74, 6) is 0. The highest BCUT2D eigenvalue weighted by molar-refractivity contribution is 6.38. The molecule has 66 valence electrons. The van der Waals surface area contributed by atoms with E-state index in [4.69, 9.17) is 34.7 Å². The monoisotopic (exact) mass is 204 g/mol. The smallest absolute Gasteiger partial charge is 0.0693 e. The van der Waals surface area contributed by atoms with Crippen molar-refractivity contribution in [3.05, 3.63) is 27.7 Å². The summed E-state index contributed by atoms with van der Waals surface area (Å²) in [6, 6.07) is 3.57. The molecule has 12 heavy (non-hydrogen) atoms. The van der Waals surface area contributed by atoms with Crippen LogP contribution in [0.1, 0.15) is 5.56 Å². The van der Waals surface area contributed by atoms with Gasteiger partial charge in [-0.2, -0.15) is 0 Å². The number of benzene rings is 1. The van der Waals surface area contributed by atoms with E-state index < -0.39 is 0 Å². The molecular weight excluding hydrogens is 195 g/mol. The highest BCUT2D eigenvalue weighted by Crippen LogP contribution is 2.28. The van der Waals surface area contributed by atoms with Crippen molar-refractivity contribution in [2.45, 2.75) is 6.42 Å². The first-order valence-corrected chi connectivity index (χ1v) is 4.34. The van der Waals surface area contributed by atoms with E-state index in [9.17, 15) is 0 Å². The first-order valence-electron chi connectivity index (χ1n) is 3.58. The van der Waals surface area contributed by atoms with Crippen LogP contribution in [0, 0.1) is 0 Å². The minimum atomic E-state index is 0.430. The molecule has 4 N–H and O–H groups in total. The quantitative estimate of drug-likeness (QED) is 0.726. The van der Waals surface area contributed by atoms with Gasteiger partial charge in [0, 0.05) is 0 Å². The number of halogens is 2. The molecule has 0 aromatic heterocycles. The van der Waals surface area contributed by atoms with E-state index in [1.807, 2.05) is 0 Å². The molecule has 0 fully saturated rings. The van der Waals surface area contributed by atoms with Crippen molar-refractivity contribution in [3.63, 3.8) is 0 Å². The van der Waals surface area contributed by atoms with Crippen LogP contribution >= 0.6 is 23.2 Å². The second-order valence-electron chi connectivity index (χ2n) is 2.51. The van der Waals surface area contributed by atoms with Crippen molar-refractivity contribution >= 4 is 28.9 Å². The van der Waals surface area contributed by atoms with E-state index >= 15 is 0 Å². The molecule has 0 radical (unpaired) electrons. The number of nitrogen functional groups attached to an aromatic ring is 1. The fourth-order valence-corrected chi connectivity index (χ4v) is 1.48. The Balaban J connectivity index is 3.04. The van der Waals surface area contributed by atoms with Gasteiger partial charge in [0.25, 0.3) is 0 Å². The van der Waals surface area contributed by atoms with E-state index in [2.05, 4.69) is 0 Å². The fourth-order valence-electron chi connectivity index (χ4n) is 0.948. The zero-order valence-electron chi connectivity index (χ0n) is 6.48. The average molecular weight is 205 g/mol. The lowest BCUT2D eigenvalue weighted by Gasteiger charge is -2.04. The molecule has 1 aromatic carbocycles. The van der Waals surface area contributed by atoms with Crippen LogP contribution in [0.5, 0.6) is 0 Å². The summed E-state index contributed by atoms with van der Waals surface area (Å²) in [5, 5.41) is 0.983. The molecule has 0 spiro atoms. The topological polar surface area (TPSA) is 52.0 Å². The Bertz CT molecular complexity index is 263. The minimum absolute atomic E-state index is 0.430. The van der Waals surface area contributed by atoms with Crippen LogP contribution in [0.15, 0.2) is 12.1 Å². The molecule has 0 unspecified atom stereocenters. The van der Waals surface area contributed by atoms with Gasteiger partial charge in [-0.3, -0.25) is 0 Å². The van der Waals surface area contributed by atoms with Crippen molar-refractivity contribution in [1.82, 2.24) is 0 Å². The van der Waals surface area contributed by atoms with E-state index in [0.717, 1.165) is 12.0 Å². The maximum absolute atomic E-state index is 5.80. The Morgan fingerprint density at radius 1 is 1.17 bits per heavy atom. The predicted molar refractivity (Wildman–Crippen MR) is 53.6 cm³/mol. The molecule has 1 rings (SSSR count). The number of anilines is 1. The maximum Gasteiger partial charge on any atom is 0.0693 e. The van der Waals surface area contributed by atoms with Gasteiger partial charge in [0.1, 0.15) is 0 Å². The SMILES string of the molecule is NCCc1cc(Cl)c(N)c(Cl)c1. The van der Waals surface area contributed by atoms with Crippen LogP contribution < -0.4 is 11.5 Å². The van der Waals surface area contributed by atoms with Crippen molar-refractivity contribution in [1.29, 1.82) is 0 Å². The lowest BCUT2D eigenvalue weighted by atomic mass is 10.1. The van der Waals surface area contributed by atoms with Gasteiger partial charge in [0.2, 0.25) is 0 Å². The van der Waals surface area contributed by atoms with Crippen LogP contribution in [0.4, 0.5) is 5.69 Å². The second-order valence-corrected chi connectivity index (χ2v) is 3.33. The minimum Gasteiger partial charge on any atom is -0.396 e. The summed E-state index contributed by atoms with van der Waals surface area (Å²) in [7, 11) is 0. The van der Waals surface area contributed by atoms with Crippen molar-refractivity contribution < 1.29 is 0 Å². The third kappa shape index (κ3) is 2.03. The fraction of sp³-hybridized carbons (Fsp3) is 0.250. The predicted octanol–water partition coefficient (Wildman–Crippen LogP) is 2.08. The van der Waals surface area contributed by atoms with E-state index in [0.29, 0.717) is 22.3 Å². The van der Waals surface area contributed by atoms with Crippen LogP contribution in [-0.4, -0.2) is 6.54 Å². The number of rotatable bonds is 2. The molecule has 0 atom stereocenters. The third-order valence-electron chi connectivity index (χ3n) is 1.57.